The average molecular weight is 424 g/mol. The lowest BCUT2D eigenvalue weighted by atomic mass is 10.0. The van der Waals surface area contributed by atoms with Crippen LogP contribution in [0, 0.1) is 0 Å². The summed E-state index contributed by atoms with van der Waals surface area (Å²) in [7, 11) is 0. The lowest BCUT2D eigenvalue weighted by molar-refractivity contribution is -0.148. The van der Waals surface area contributed by atoms with Crippen LogP contribution in [0.4, 0.5) is 5.69 Å². The van der Waals surface area contributed by atoms with Gasteiger partial charge >= 0.3 is 5.97 Å². The van der Waals surface area contributed by atoms with E-state index >= 15 is 0 Å². The van der Waals surface area contributed by atoms with E-state index in [4.69, 9.17) is 4.74 Å². The number of carbonyl (C=O) groups excluding carboxylic acids is 3. The fraction of sp³-hybridized carbons (Fsp3) is 0.375. The van der Waals surface area contributed by atoms with Crippen molar-refractivity contribution in [3.05, 3.63) is 64.7 Å². The molecule has 0 aromatic heterocycles. The summed E-state index contributed by atoms with van der Waals surface area (Å²) in [4.78, 5) is 38.3. The Labute approximate surface area is 182 Å². The number of amides is 2. The number of hydrogen-bond acceptors (Lipinski definition) is 5. The van der Waals surface area contributed by atoms with Crippen molar-refractivity contribution < 1.29 is 19.1 Å². The Morgan fingerprint density at radius 2 is 1.65 bits per heavy atom. The van der Waals surface area contributed by atoms with Crippen molar-refractivity contribution in [2.45, 2.75) is 39.5 Å². The van der Waals surface area contributed by atoms with Gasteiger partial charge in [-0.1, -0.05) is 18.2 Å². The van der Waals surface area contributed by atoms with E-state index in [0.29, 0.717) is 5.56 Å². The van der Waals surface area contributed by atoms with Crippen molar-refractivity contribution in [2.24, 2.45) is 0 Å². The second-order valence-electron chi connectivity index (χ2n) is 7.52. The monoisotopic (exact) mass is 423 g/mol. The molecule has 7 nitrogen and oxygen atoms in total. The van der Waals surface area contributed by atoms with Crippen LogP contribution in [-0.4, -0.2) is 37.5 Å². The average Bonchev–Trinajstić information content (AvgIpc) is 3.25. The lowest BCUT2D eigenvalue weighted by Gasteiger charge is -2.21. The highest BCUT2D eigenvalue weighted by molar-refractivity contribution is 5.95. The summed E-state index contributed by atoms with van der Waals surface area (Å²) in [5, 5.41) is 0. The molecule has 2 amide bonds. The number of nitrogens with one attached hydrogen (secondary N) is 2. The molecular formula is C24H29N3O4. The molecule has 1 aliphatic rings. The summed E-state index contributed by atoms with van der Waals surface area (Å²) in [5.41, 5.74) is 9.56. The Morgan fingerprint density at radius 3 is 2.35 bits per heavy atom. The molecule has 0 unspecified atom stereocenters. The maximum absolute atomic E-state index is 12.2. The van der Waals surface area contributed by atoms with Crippen LogP contribution >= 0.6 is 0 Å². The van der Waals surface area contributed by atoms with Gasteiger partial charge in [-0.15, -0.1) is 0 Å². The van der Waals surface area contributed by atoms with E-state index in [0.717, 1.165) is 43.6 Å². The first-order valence-electron chi connectivity index (χ1n) is 10.7. The number of esters is 1. The van der Waals surface area contributed by atoms with Crippen LogP contribution in [-0.2, 0) is 33.6 Å². The normalized spacial score (nSPS) is 12.1. The van der Waals surface area contributed by atoms with Gasteiger partial charge in [0.25, 0.3) is 11.8 Å². The minimum Gasteiger partial charge on any atom is -0.455 e. The van der Waals surface area contributed by atoms with Gasteiger partial charge in [-0.3, -0.25) is 25.2 Å². The molecule has 7 heteroatoms. The van der Waals surface area contributed by atoms with Gasteiger partial charge in [-0.2, -0.15) is 0 Å². The topological polar surface area (TPSA) is 87.7 Å². The number of nitrogens with zero attached hydrogens (tertiary/aromatic N) is 1. The second kappa shape index (κ2) is 10.6. The van der Waals surface area contributed by atoms with E-state index < -0.39 is 24.4 Å². The highest BCUT2D eigenvalue weighted by Gasteiger charge is 2.14. The molecule has 0 bridgehead atoms. The van der Waals surface area contributed by atoms with Crippen LogP contribution in [0.25, 0.3) is 0 Å². The lowest BCUT2D eigenvalue weighted by Crippen LogP contribution is -2.43. The van der Waals surface area contributed by atoms with Crippen molar-refractivity contribution >= 4 is 23.5 Å². The van der Waals surface area contributed by atoms with Crippen molar-refractivity contribution in [3.63, 3.8) is 0 Å². The van der Waals surface area contributed by atoms with Gasteiger partial charge in [-0.05, 0) is 74.1 Å². The summed E-state index contributed by atoms with van der Waals surface area (Å²) >= 11 is 0. The van der Waals surface area contributed by atoms with Crippen LogP contribution < -0.4 is 15.8 Å². The van der Waals surface area contributed by atoms with Gasteiger partial charge in [0.1, 0.15) is 0 Å². The van der Waals surface area contributed by atoms with Crippen molar-refractivity contribution in [1.29, 1.82) is 0 Å². The Kier molecular flexibility index (Phi) is 7.65. The van der Waals surface area contributed by atoms with Gasteiger partial charge in [0, 0.05) is 24.3 Å². The third-order valence-electron chi connectivity index (χ3n) is 5.45. The molecule has 1 aliphatic carbocycles. The summed E-state index contributed by atoms with van der Waals surface area (Å²) in [5.74, 6) is -1.52. The number of ether oxygens (including phenoxy) is 1. The number of rotatable bonds is 8. The first-order chi connectivity index (χ1) is 15.0. The Morgan fingerprint density at radius 1 is 0.935 bits per heavy atom. The van der Waals surface area contributed by atoms with Gasteiger partial charge in [0.2, 0.25) is 0 Å². The highest BCUT2D eigenvalue weighted by Crippen LogP contribution is 2.23. The van der Waals surface area contributed by atoms with Crippen LogP contribution in [0.3, 0.4) is 0 Å². The fourth-order valence-electron chi connectivity index (χ4n) is 3.75. The number of benzene rings is 2. The molecule has 2 aromatic rings. The highest BCUT2D eigenvalue weighted by atomic mass is 16.5. The SMILES string of the molecule is CCN(CC)c1ccc(C(=O)NNC(=O)COC(=O)Cc2ccc3c(c2)CCC3)cc1. The molecular weight excluding hydrogens is 394 g/mol. The molecule has 0 spiro atoms. The number of aryl methyl sites for hydroxylation is 2. The number of hydrazine groups is 1. The maximum atomic E-state index is 12.2. The summed E-state index contributed by atoms with van der Waals surface area (Å²) in [6.45, 7) is 5.44. The van der Waals surface area contributed by atoms with Crippen LogP contribution in [0.15, 0.2) is 42.5 Å². The molecule has 0 saturated carbocycles. The number of hydrogen-bond donors (Lipinski definition) is 2. The largest absolute Gasteiger partial charge is 0.455 e. The Hall–Kier alpha value is -3.35. The van der Waals surface area contributed by atoms with Crippen LogP contribution in [0.1, 0.15) is 47.3 Å². The second-order valence-corrected chi connectivity index (χ2v) is 7.52. The first-order valence-corrected chi connectivity index (χ1v) is 10.7. The molecule has 2 aromatic carbocycles. The predicted octanol–water partition coefficient (Wildman–Crippen LogP) is 2.57. The zero-order valence-corrected chi connectivity index (χ0v) is 18.1. The van der Waals surface area contributed by atoms with Gasteiger partial charge in [-0.25, -0.2) is 0 Å². The molecule has 31 heavy (non-hydrogen) atoms. The first kappa shape index (κ1) is 22.3. The minimum atomic E-state index is -0.601. The molecule has 0 fully saturated rings. The minimum absolute atomic E-state index is 0.117. The molecule has 0 aliphatic heterocycles. The molecule has 3 rings (SSSR count). The van der Waals surface area contributed by atoms with Crippen molar-refractivity contribution in [3.8, 4) is 0 Å². The summed E-state index contributed by atoms with van der Waals surface area (Å²) in [6, 6.07) is 13.2. The fourth-order valence-corrected chi connectivity index (χ4v) is 3.75. The van der Waals surface area contributed by atoms with E-state index in [1.165, 1.54) is 11.1 Å². The predicted molar refractivity (Wildman–Crippen MR) is 119 cm³/mol. The van der Waals surface area contributed by atoms with E-state index in [-0.39, 0.29) is 6.42 Å². The van der Waals surface area contributed by atoms with Crippen molar-refractivity contribution in [2.75, 3.05) is 24.6 Å². The standard InChI is InChI=1S/C24H29N3O4/c1-3-27(4-2)21-12-10-19(11-13-21)24(30)26-25-22(28)16-31-23(29)15-17-8-9-18-6-5-7-20(18)14-17/h8-14H,3-7,15-16H2,1-2H3,(H,25,28)(H,26,30). The van der Waals surface area contributed by atoms with Gasteiger partial charge in [0.05, 0.1) is 6.42 Å². The third-order valence-corrected chi connectivity index (χ3v) is 5.45. The van der Waals surface area contributed by atoms with Gasteiger partial charge in [0.15, 0.2) is 6.61 Å². The number of carbonyl (C=O) groups is 3. The summed E-state index contributed by atoms with van der Waals surface area (Å²) < 4.78 is 5.02. The molecule has 0 saturated heterocycles. The number of anilines is 1. The van der Waals surface area contributed by atoms with Gasteiger partial charge < -0.3 is 9.64 Å². The van der Waals surface area contributed by atoms with E-state index in [1.54, 1.807) is 12.1 Å². The number of fused-ring (bicyclic) bond motifs is 1. The maximum Gasteiger partial charge on any atom is 0.310 e. The molecule has 0 heterocycles. The zero-order chi connectivity index (χ0) is 22.2. The van der Waals surface area contributed by atoms with E-state index in [9.17, 15) is 14.4 Å². The molecule has 0 radical (unpaired) electrons. The van der Waals surface area contributed by atoms with E-state index in [1.807, 2.05) is 24.3 Å². The summed E-state index contributed by atoms with van der Waals surface area (Å²) in [6.07, 6.45) is 3.39. The molecule has 0 atom stereocenters. The molecule has 2 N–H and O–H groups in total. The quantitative estimate of drug-likeness (QED) is 0.503. The van der Waals surface area contributed by atoms with Crippen LogP contribution in [0.5, 0.6) is 0 Å². The smallest absolute Gasteiger partial charge is 0.310 e. The Bertz CT molecular complexity index is 936. The van der Waals surface area contributed by atoms with Crippen molar-refractivity contribution in [1.82, 2.24) is 10.9 Å². The Balaban J connectivity index is 1.40. The zero-order valence-electron chi connectivity index (χ0n) is 18.1. The third kappa shape index (κ3) is 6.07. The molecule has 164 valence electrons. The van der Waals surface area contributed by atoms with E-state index in [2.05, 4.69) is 35.7 Å². The van der Waals surface area contributed by atoms with Crippen LogP contribution in [0.2, 0.25) is 0 Å².